The van der Waals surface area contributed by atoms with Gasteiger partial charge in [-0.2, -0.15) is 4.39 Å². The van der Waals surface area contributed by atoms with Gasteiger partial charge in [0.2, 0.25) is 5.82 Å². The number of rotatable bonds is 3. The van der Waals surface area contributed by atoms with E-state index in [-0.39, 0.29) is 4.90 Å². The van der Waals surface area contributed by atoms with Gasteiger partial charge in [-0.05, 0) is 40.2 Å². The van der Waals surface area contributed by atoms with E-state index in [4.69, 9.17) is 0 Å². The second-order valence-corrected chi connectivity index (χ2v) is 5.31. The summed E-state index contributed by atoms with van der Waals surface area (Å²) in [6.07, 6.45) is 0. The van der Waals surface area contributed by atoms with Crippen LogP contribution in [0.1, 0.15) is 0 Å². The highest BCUT2D eigenvalue weighted by Gasteiger charge is 2.20. The van der Waals surface area contributed by atoms with Gasteiger partial charge in [0.1, 0.15) is 0 Å². The van der Waals surface area contributed by atoms with Crippen molar-refractivity contribution in [2.75, 3.05) is 0 Å². The molecule has 0 aliphatic carbocycles. The van der Waals surface area contributed by atoms with Crippen LogP contribution in [0.4, 0.5) is 10.1 Å². The van der Waals surface area contributed by atoms with E-state index >= 15 is 0 Å². The summed E-state index contributed by atoms with van der Waals surface area (Å²) in [6.45, 7) is 0. The number of hydrogen-bond donors (Lipinski definition) is 0. The summed E-state index contributed by atoms with van der Waals surface area (Å²) in [7, 11) is 0. The Hall–Kier alpha value is -1.40. The number of benzene rings is 2. The molecule has 2 aromatic rings. The van der Waals surface area contributed by atoms with Gasteiger partial charge >= 0.3 is 5.69 Å². The third-order valence-corrected chi connectivity index (χ3v) is 4.27. The highest BCUT2D eigenvalue weighted by molar-refractivity contribution is 9.10. The number of hydrogen-bond acceptors (Lipinski definition) is 3. The lowest BCUT2D eigenvalue weighted by atomic mass is 10.3. The van der Waals surface area contributed by atoms with Crippen LogP contribution in [-0.2, 0) is 0 Å². The minimum atomic E-state index is -0.822. The Morgan fingerprint density at radius 3 is 2.44 bits per heavy atom. The van der Waals surface area contributed by atoms with Crippen molar-refractivity contribution in [3.05, 3.63) is 62.9 Å². The van der Waals surface area contributed by atoms with E-state index in [0.29, 0.717) is 0 Å². The molecule has 0 heterocycles. The van der Waals surface area contributed by atoms with Gasteiger partial charge in [-0.15, -0.1) is 0 Å². The van der Waals surface area contributed by atoms with Gasteiger partial charge in [-0.25, -0.2) is 0 Å². The normalized spacial score (nSPS) is 10.3. The Balaban J connectivity index is 2.44. The summed E-state index contributed by atoms with van der Waals surface area (Å²) in [5.74, 6) is -0.822. The monoisotopic (exact) mass is 327 g/mol. The molecule has 92 valence electrons. The molecule has 0 spiro atoms. The minimum absolute atomic E-state index is 0.284. The van der Waals surface area contributed by atoms with Crippen LogP contribution in [0.3, 0.4) is 0 Å². The molecule has 0 amide bonds. The molecule has 0 N–H and O–H groups in total. The molecular weight excluding hydrogens is 321 g/mol. The maximum absolute atomic E-state index is 13.4. The number of halogens is 2. The summed E-state index contributed by atoms with van der Waals surface area (Å²) < 4.78 is 14.3. The molecule has 0 aliphatic rings. The lowest BCUT2D eigenvalue weighted by Gasteiger charge is -2.05. The van der Waals surface area contributed by atoms with Crippen LogP contribution in [0.15, 0.2) is 56.7 Å². The zero-order valence-corrected chi connectivity index (χ0v) is 11.4. The average molecular weight is 328 g/mol. The van der Waals surface area contributed by atoms with Crippen LogP contribution in [0.5, 0.6) is 0 Å². The van der Waals surface area contributed by atoms with Gasteiger partial charge in [-0.3, -0.25) is 10.1 Å². The molecule has 0 saturated heterocycles. The van der Waals surface area contributed by atoms with E-state index < -0.39 is 16.4 Å². The molecule has 0 aromatic heterocycles. The van der Waals surface area contributed by atoms with Crippen molar-refractivity contribution in [1.29, 1.82) is 0 Å². The van der Waals surface area contributed by atoms with E-state index in [0.717, 1.165) is 27.2 Å². The summed E-state index contributed by atoms with van der Waals surface area (Å²) in [5.41, 5.74) is -0.488. The van der Waals surface area contributed by atoms with E-state index in [1.807, 2.05) is 24.3 Å². The van der Waals surface area contributed by atoms with Crippen molar-refractivity contribution in [3.8, 4) is 0 Å². The molecule has 0 radical (unpaired) electrons. The topological polar surface area (TPSA) is 43.1 Å². The third-order valence-electron chi connectivity index (χ3n) is 2.19. The zero-order chi connectivity index (χ0) is 13.1. The van der Waals surface area contributed by atoms with Gasteiger partial charge in [0.05, 0.1) is 9.82 Å². The second-order valence-electron chi connectivity index (χ2n) is 3.38. The van der Waals surface area contributed by atoms with Crippen LogP contribution in [0, 0.1) is 15.9 Å². The molecular formula is C12H7BrFNO2S. The quantitative estimate of drug-likeness (QED) is 0.608. The van der Waals surface area contributed by atoms with E-state index in [1.54, 1.807) is 0 Å². The molecule has 2 aromatic carbocycles. The molecule has 0 atom stereocenters. The smallest absolute Gasteiger partial charge is 0.258 e. The van der Waals surface area contributed by atoms with Crippen LogP contribution in [0.2, 0.25) is 0 Å². The van der Waals surface area contributed by atoms with Crippen LogP contribution >= 0.6 is 27.7 Å². The Morgan fingerprint density at radius 2 is 1.78 bits per heavy atom. The van der Waals surface area contributed by atoms with Crippen molar-refractivity contribution in [2.45, 2.75) is 9.79 Å². The second kappa shape index (κ2) is 5.49. The van der Waals surface area contributed by atoms with Crippen LogP contribution in [-0.4, -0.2) is 4.92 Å². The van der Waals surface area contributed by atoms with Gasteiger partial charge < -0.3 is 0 Å². The van der Waals surface area contributed by atoms with Crippen molar-refractivity contribution in [3.63, 3.8) is 0 Å². The first kappa shape index (κ1) is 13.0. The molecule has 3 nitrogen and oxygen atoms in total. The van der Waals surface area contributed by atoms with Crippen molar-refractivity contribution < 1.29 is 9.31 Å². The fourth-order valence-electron chi connectivity index (χ4n) is 1.40. The lowest BCUT2D eigenvalue weighted by molar-refractivity contribution is -0.390. The molecule has 6 heteroatoms. The number of para-hydroxylation sites is 1. The maximum Gasteiger partial charge on any atom is 0.318 e. The largest absolute Gasteiger partial charge is 0.318 e. The summed E-state index contributed by atoms with van der Waals surface area (Å²) >= 11 is 4.50. The minimum Gasteiger partial charge on any atom is -0.258 e. The van der Waals surface area contributed by atoms with Crippen LogP contribution in [0.25, 0.3) is 0 Å². The molecule has 0 unspecified atom stereocenters. The van der Waals surface area contributed by atoms with Gasteiger partial charge in [0.15, 0.2) is 0 Å². The van der Waals surface area contributed by atoms with Gasteiger partial charge in [0.25, 0.3) is 0 Å². The average Bonchev–Trinajstić information content (AvgIpc) is 2.31. The van der Waals surface area contributed by atoms with E-state index in [1.165, 1.54) is 12.1 Å². The summed E-state index contributed by atoms with van der Waals surface area (Å²) in [5, 5.41) is 10.9. The van der Waals surface area contributed by atoms with Crippen molar-refractivity contribution in [2.24, 2.45) is 0 Å². The Bertz CT molecular complexity index is 606. The number of nitrogens with zero attached hydrogens (tertiary/aromatic N) is 1. The first-order valence-electron chi connectivity index (χ1n) is 4.95. The van der Waals surface area contributed by atoms with E-state index in [2.05, 4.69) is 15.9 Å². The molecule has 0 fully saturated rings. The SMILES string of the molecule is O=[N+]([O-])c1c(F)cccc1Sc1ccccc1Br. The molecule has 18 heavy (non-hydrogen) atoms. The third kappa shape index (κ3) is 2.70. The molecule has 0 saturated carbocycles. The van der Waals surface area contributed by atoms with Crippen molar-refractivity contribution in [1.82, 2.24) is 0 Å². The Kier molecular flexibility index (Phi) is 3.98. The standard InChI is InChI=1S/C12H7BrFNO2S/c13-8-4-1-2-6-10(8)18-11-7-3-5-9(14)12(11)15(16)17/h1-7H. The summed E-state index contributed by atoms with van der Waals surface area (Å²) in [4.78, 5) is 11.2. The highest BCUT2D eigenvalue weighted by Crippen LogP contribution is 2.39. The van der Waals surface area contributed by atoms with Crippen molar-refractivity contribution >= 4 is 33.4 Å². The van der Waals surface area contributed by atoms with E-state index in [9.17, 15) is 14.5 Å². The molecule has 0 aliphatic heterocycles. The Labute approximate surface area is 115 Å². The number of nitro benzene ring substituents is 1. The predicted molar refractivity (Wildman–Crippen MR) is 71.3 cm³/mol. The van der Waals surface area contributed by atoms with Gasteiger partial charge in [0, 0.05) is 9.37 Å². The maximum atomic E-state index is 13.4. The first-order valence-corrected chi connectivity index (χ1v) is 6.56. The fraction of sp³-hybridized carbons (Fsp3) is 0. The summed E-state index contributed by atoms with van der Waals surface area (Å²) in [6, 6.07) is 11.4. The fourth-order valence-corrected chi connectivity index (χ4v) is 2.89. The first-order chi connectivity index (χ1) is 8.59. The zero-order valence-electron chi connectivity index (χ0n) is 8.97. The molecule has 2 rings (SSSR count). The predicted octanol–water partition coefficient (Wildman–Crippen LogP) is 4.65. The molecule has 0 bridgehead atoms. The Morgan fingerprint density at radius 1 is 1.11 bits per heavy atom. The van der Waals surface area contributed by atoms with Gasteiger partial charge in [-0.1, -0.05) is 30.0 Å². The lowest BCUT2D eigenvalue weighted by Crippen LogP contribution is -1.94. The van der Waals surface area contributed by atoms with Crippen LogP contribution < -0.4 is 0 Å². The number of nitro groups is 1. The highest BCUT2D eigenvalue weighted by atomic mass is 79.9.